The van der Waals surface area contributed by atoms with Gasteiger partial charge in [0.2, 0.25) is 0 Å². The fourth-order valence-electron chi connectivity index (χ4n) is 0.827. The highest BCUT2D eigenvalue weighted by molar-refractivity contribution is 14.1. The first-order valence-corrected chi connectivity index (χ1v) is 5.10. The summed E-state index contributed by atoms with van der Waals surface area (Å²) in [6, 6.07) is 7.64. The lowest BCUT2D eigenvalue weighted by molar-refractivity contribution is -0.122. The molecule has 1 rings (SSSR count). The smallest absolute Gasteiger partial charge is 0.169 e. The van der Waals surface area contributed by atoms with Gasteiger partial charge in [-0.05, 0) is 54.6 Å². The molecule has 0 saturated carbocycles. The Kier molecular flexibility index (Phi) is 3.71. The molecule has 0 radical (unpaired) electrons. The number of ether oxygens (including phenoxy) is 1. The molecule has 0 aromatic heterocycles. The summed E-state index contributed by atoms with van der Waals surface area (Å²) in [5.74, 6) is 0.786. The average Bonchev–Trinajstić information content (AvgIpc) is 2.04. The molecule has 13 heavy (non-hydrogen) atoms. The molecule has 0 amide bonds. The second-order valence-electron chi connectivity index (χ2n) is 2.83. The molecule has 0 spiro atoms. The zero-order chi connectivity index (χ0) is 9.84. The number of carbonyl (C=O) groups excluding carboxylic acids is 1. The van der Waals surface area contributed by atoms with Crippen LogP contribution in [0, 0.1) is 3.57 Å². The minimum Gasteiger partial charge on any atom is -0.483 e. The zero-order valence-electron chi connectivity index (χ0n) is 7.58. The summed E-state index contributed by atoms with van der Waals surface area (Å²) in [4.78, 5) is 10.9. The van der Waals surface area contributed by atoms with Crippen LogP contribution >= 0.6 is 22.6 Å². The number of ketones is 1. The maximum atomic E-state index is 10.9. The van der Waals surface area contributed by atoms with E-state index in [4.69, 9.17) is 4.74 Å². The number of halogens is 1. The Labute approximate surface area is 91.4 Å². The summed E-state index contributed by atoms with van der Waals surface area (Å²) in [6.45, 7) is 3.28. The highest BCUT2D eigenvalue weighted by Crippen LogP contribution is 2.16. The maximum absolute atomic E-state index is 10.9. The van der Waals surface area contributed by atoms with Crippen LogP contribution in [0.25, 0.3) is 0 Å². The van der Waals surface area contributed by atoms with Gasteiger partial charge in [-0.1, -0.05) is 6.07 Å². The number of rotatable bonds is 3. The predicted molar refractivity (Wildman–Crippen MR) is 59.9 cm³/mol. The topological polar surface area (TPSA) is 26.3 Å². The highest BCUT2D eigenvalue weighted by atomic mass is 127. The Hall–Kier alpha value is -0.580. The number of Topliss-reactive ketones (excluding diaryl/α,β-unsaturated/α-hetero) is 1. The molecule has 0 N–H and O–H groups in total. The molecule has 0 bridgehead atoms. The van der Waals surface area contributed by atoms with Gasteiger partial charge in [0.25, 0.3) is 0 Å². The van der Waals surface area contributed by atoms with Crippen LogP contribution in [0.2, 0.25) is 0 Å². The van der Waals surface area contributed by atoms with Crippen LogP contribution in [0.15, 0.2) is 24.3 Å². The van der Waals surface area contributed by atoms with Gasteiger partial charge in [0.15, 0.2) is 11.9 Å². The summed E-state index contributed by atoms with van der Waals surface area (Å²) < 4.78 is 6.50. The second kappa shape index (κ2) is 4.60. The molecule has 1 unspecified atom stereocenters. The molecule has 0 aliphatic heterocycles. The van der Waals surface area contributed by atoms with Crippen molar-refractivity contribution < 1.29 is 9.53 Å². The first-order chi connectivity index (χ1) is 6.09. The molecular weight excluding hydrogens is 279 g/mol. The van der Waals surface area contributed by atoms with Gasteiger partial charge in [-0.2, -0.15) is 0 Å². The summed E-state index contributed by atoms with van der Waals surface area (Å²) in [7, 11) is 0. The van der Waals surface area contributed by atoms with Gasteiger partial charge >= 0.3 is 0 Å². The van der Waals surface area contributed by atoms with E-state index in [0.717, 1.165) is 9.32 Å². The van der Waals surface area contributed by atoms with Crippen LogP contribution in [0.5, 0.6) is 5.75 Å². The van der Waals surface area contributed by atoms with E-state index in [1.165, 1.54) is 6.92 Å². The van der Waals surface area contributed by atoms with Crippen molar-refractivity contribution in [2.45, 2.75) is 20.0 Å². The molecule has 0 fully saturated rings. The Balaban J connectivity index is 2.69. The fraction of sp³-hybridized carbons (Fsp3) is 0.300. The number of carbonyl (C=O) groups is 1. The predicted octanol–water partition coefficient (Wildman–Crippen LogP) is 2.65. The van der Waals surface area contributed by atoms with Gasteiger partial charge in [-0.3, -0.25) is 4.79 Å². The van der Waals surface area contributed by atoms with E-state index in [1.54, 1.807) is 6.92 Å². The third-order valence-corrected chi connectivity index (χ3v) is 2.35. The first kappa shape index (κ1) is 10.5. The van der Waals surface area contributed by atoms with Gasteiger partial charge in [0.05, 0.1) is 0 Å². The van der Waals surface area contributed by atoms with Gasteiger partial charge in [0.1, 0.15) is 5.75 Å². The van der Waals surface area contributed by atoms with Gasteiger partial charge in [-0.15, -0.1) is 0 Å². The van der Waals surface area contributed by atoms with Crippen molar-refractivity contribution in [2.75, 3.05) is 0 Å². The van der Waals surface area contributed by atoms with Crippen LogP contribution < -0.4 is 4.74 Å². The minimum atomic E-state index is -0.363. The number of hydrogen-bond acceptors (Lipinski definition) is 2. The van der Waals surface area contributed by atoms with Crippen molar-refractivity contribution in [2.24, 2.45) is 0 Å². The third kappa shape index (κ3) is 3.34. The zero-order valence-corrected chi connectivity index (χ0v) is 9.74. The summed E-state index contributed by atoms with van der Waals surface area (Å²) >= 11 is 2.20. The lowest BCUT2D eigenvalue weighted by atomic mass is 10.3. The van der Waals surface area contributed by atoms with Gasteiger partial charge < -0.3 is 4.74 Å². The van der Waals surface area contributed by atoms with E-state index in [0.29, 0.717) is 0 Å². The van der Waals surface area contributed by atoms with E-state index >= 15 is 0 Å². The summed E-state index contributed by atoms with van der Waals surface area (Å²) in [5.41, 5.74) is 0. The van der Waals surface area contributed by atoms with Gasteiger partial charge in [0, 0.05) is 3.57 Å². The molecule has 0 heterocycles. The van der Waals surface area contributed by atoms with Crippen LogP contribution in [0.1, 0.15) is 13.8 Å². The highest BCUT2D eigenvalue weighted by Gasteiger charge is 2.08. The van der Waals surface area contributed by atoms with Crippen molar-refractivity contribution in [3.8, 4) is 5.75 Å². The number of benzene rings is 1. The van der Waals surface area contributed by atoms with Crippen molar-refractivity contribution in [3.05, 3.63) is 27.8 Å². The van der Waals surface area contributed by atoms with E-state index < -0.39 is 0 Å². The van der Waals surface area contributed by atoms with Crippen LogP contribution in [0.3, 0.4) is 0 Å². The molecular formula is C10H11IO2. The van der Waals surface area contributed by atoms with Crippen LogP contribution in [-0.4, -0.2) is 11.9 Å². The third-order valence-electron chi connectivity index (χ3n) is 1.68. The lowest BCUT2D eigenvalue weighted by Gasteiger charge is -2.11. The Morgan fingerprint density at radius 2 is 2.23 bits per heavy atom. The summed E-state index contributed by atoms with van der Waals surface area (Å²) in [6.07, 6.45) is -0.363. The van der Waals surface area contributed by atoms with E-state index in [1.807, 2.05) is 24.3 Å². The fourth-order valence-corrected chi connectivity index (χ4v) is 1.34. The maximum Gasteiger partial charge on any atom is 0.169 e. The van der Waals surface area contributed by atoms with E-state index in [2.05, 4.69) is 22.6 Å². The van der Waals surface area contributed by atoms with E-state index in [9.17, 15) is 4.79 Å². The SMILES string of the molecule is CC(=O)C(C)Oc1cccc(I)c1. The standard InChI is InChI=1S/C10H11IO2/c1-7(12)8(2)13-10-5-3-4-9(11)6-10/h3-6,8H,1-2H3. The van der Waals surface area contributed by atoms with Crippen molar-refractivity contribution in [3.63, 3.8) is 0 Å². The summed E-state index contributed by atoms with van der Waals surface area (Å²) in [5, 5.41) is 0. The first-order valence-electron chi connectivity index (χ1n) is 4.02. The molecule has 0 aliphatic carbocycles. The van der Waals surface area contributed by atoms with Gasteiger partial charge in [-0.25, -0.2) is 0 Å². The largest absolute Gasteiger partial charge is 0.483 e. The second-order valence-corrected chi connectivity index (χ2v) is 4.07. The number of hydrogen-bond donors (Lipinski definition) is 0. The average molecular weight is 290 g/mol. The lowest BCUT2D eigenvalue weighted by Crippen LogP contribution is -2.20. The normalized spacial score (nSPS) is 12.2. The quantitative estimate of drug-likeness (QED) is 0.800. The Morgan fingerprint density at radius 3 is 2.77 bits per heavy atom. The van der Waals surface area contributed by atoms with E-state index in [-0.39, 0.29) is 11.9 Å². The van der Waals surface area contributed by atoms with Crippen LogP contribution in [0.4, 0.5) is 0 Å². The van der Waals surface area contributed by atoms with Crippen molar-refractivity contribution >= 4 is 28.4 Å². The Bertz CT molecular complexity index is 310. The monoisotopic (exact) mass is 290 g/mol. The molecule has 0 aliphatic rings. The molecule has 1 atom stereocenters. The molecule has 3 heteroatoms. The molecule has 1 aromatic carbocycles. The molecule has 0 saturated heterocycles. The Morgan fingerprint density at radius 1 is 1.54 bits per heavy atom. The molecule has 2 nitrogen and oxygen atoms in total. The van der Waals surface area contributed by atoms with Crippen molar-refractivity contribution in [1.29, 1.82) is 0 Å². The van der Waals surface area contributed by atoms with Crippen LogP contribution in [-0.2, 0) is 4.79 Å². The minimum absolute atomic E-state index is 0.0406. The van der Waals surface area contributed by atoms with Crippen molar-refractivity contribution in [1.82, 2.24) is 0 Å². The molecule has 70 valence electrons. The molecule has 1 aromatic rings.